The summed E-state index contributed by atoms with van der Waals surface area (Å²) in [6.07, 6.45) is 0. The summed E-state index contributed by atoms with van der Waals surface area (Å²) in [7, 11) is 0. The lowest BCUT2D eigenvalue weighted by Gasteiger charge is -2.05. The molecule has 1 aromatic carbocycles. The van der Waals surface area contributed by atoms with Crippen LogP contribution in [0.25, 0.3) is 0 Å². The number of carbonyl (C=O) groups excluding carboxylic acids is 2. The SMILES string of the molecule is O=C(NCc1cccs1)C(=O)Nc1cccc(F)c1. The monoisotopic (exact) mass is 278 g/mol. The van der Waals surface area contributed by atoms with Gasteiger partial charge in [-0.1, -0.05) is 12.1 Å². The van der Waals surface area contributed by atoms with Gasteiger partial charge in [0.05, 0.1) is 6.54 Å². The highest BCUT2D eigenvalue weighted by atomic mass is 32.1. The summed E-state index contributed by atoms with van der Waals surface area (Å²) in [6.45, 7) is 0.299. The van der Waals surface area contributed by atoms with Crippen molar-refractivity contribution in [2.45, 2.75) is 6.54 Å². The molecule has 0 aliphatic heterocycles. The van der Waals surface area contributed by atoms with E-state index in [1.54, 1.807) is 0 Å². The zero-order chi connectivity index (χ0) is 13.7. The van der Waals surface area contributed by atoms with Gasteiger partial charge in [0.2, 0.25) is 0 Å². The largest absolute Gasteiger partial charge is 0.343 e. The Labute approximate surface area is 113 Å². The van der Waals surface area contributed by atoms with Gasteiger partial charge in [-0.3, -0.25) is 9.59 Å². The van der Waals surface area contributed by atoms with Crippen LogP contribution in [-0.4, -0.2) is 11.8 Å². The number of hydrogen-bond acceptors (Lipinski definition) is 3. The van der Waals surface area contributed by atoms with Crippen LogP contribution in [0.4, 0.5) is 10.1 Å². The zero-order valence-corrected chi connectivity index (χ0v) is 10.7. The van der Waals surface area contributed by atoms with E-state index in [1.165, 1.54) is 29.5 Å². The summed E-state index contributed by atoms with van der Waals surface area (Å²) in [5, 5.41) is 6.69. The quantitative estimate of drug-likeness (QED) is 0.845. The first-order chi connectivity index (χ1) is 9.15. The molecule has 1 heterocycles. The number of carbonyl (C=O) groups is 2. The Kier molecular flexibility index (Phi) is 4.25. The molecule has 0 aliphatic rings. The van der Waals surface area contributed by atoms with Crippen LogP contribution in [0.15, 0.2) is 41.8 Å². The van der Waals surface area contributed by atoms with Crippen molar-refractivity contribution in [2.75, 3.05) is 5.32 Å². The van der Waals surface area contributed by atoms with E-state index in [-0.39, 0.29) is 5.69 Å². The Hall–Kier alpha value is -2.21. The molecule has 0 radical (unpaired) electrons. The highest BCUT2D eigenvalue weighted by molar-refractivity contribution is 7.09. The molecule has 2 rings (SSSR count). The zero-order valence-electron chi connectivity index (χ0n) is 9.85. The van der Waals surface area contributed by atoms with Gasteiger partial charge in [0, 0.05) is 10.6 Å². The number of anilines is 1. The number of amides is 2. The fraction of sp³-hybridized carbons (Fsp3) is 0.0769. The van der Waals surface area contributed by atoms with E-state index in [9.17, 15) is 14.0 Å². The summed E-state index contributed by atoms with van der Waals surface area (Å²) in [5.74, 6) is -2.04. The normalized spacial score (nSPS) is 9.95. The van der Waals surface area contributed by atoms with Gasteiger partial charge < -0.3 is 10.6 Å². The highest BCUT2D eigenvalue weighted by Crippen LogP contribution is 2.09. The summed E-state index contributed by atoms with van der Waals surface area (Å²) < 4.78 is 12.9. The topological polar surface area (TPSA) is 58.2 Å². The van der Waals surface area contributed by atoms with Gasteiger partial charge in [-0.2, -0.15) is 0 Å². The first-order valence-electron chi connectivity index (χ1n) is 5.52. The lowest BCUT2D eigenvalue weighted by atomic mass is 10.3. The molecule has 0 spiro atoms. The van der Waals surface area contributed by atoms with Crippen molar-refractivity contribution in [3.63, 3.8) is 0 Å². The maximum absolute atomic E-state index is 12.9. The third-order valence-corrected chi connectivity index (χ3v) is 3.17. The number of halogens is 1. The number of benzene rings is 1. The van der Waals surface area contributed by atoms with Crippen molar-refractivity contribution in [1.29, 1.82) is 0 Å². The maximum atomic E-state index is 12.9. The van der Waals surface area contributed by atoms with Crippen LogP contribution in [0.1, 0.15) is 4.88 Å². The van der Waals surface area contributed by atoms with E-state index in [0.717, 1.165) is 10.9 Å². The van der Waals surface area contributed by atoms with Crippen LogP contribution in [0, 0.1) is 5.82 Å². The van der Waals surface area contributed by atoms with Crippen molar-refractivity contribution in [1.82, 2.24) is 5.32 Å². The van der Waals surface area contributed by atoms with Crippen LogP contribution in [0.3, 0.4) is 0 Å². The minimum absolute atomic E-state index is 0.247. The average Bonchev–Trinajstić information content (AvgIpc) is 2.89. The number of thiophene rings is 1. The average molecular weight is 278 g/mol. The van der Waals surface area contributed by atoms with Gasteiger partial charge >= 0.3 is 11.8 Å². The molecule has 0 saturated carbocycles. The fourth-order valence-electron chi connectivity index (χ4n) is 1.41. The molecule has 0 aliphatic carbocycles. The molecule has 2 aromatic rings. The predicted molar refractivity (Wildman–Crippen MR) is 71.2 cm³/mol. The Morgan fingerprint density at radius 2 is 2.00 bits per heavy atom. The standard InChI is InChI=1S/C13H11FN2O2S/c14-9-3-1-4-10(7-9)16-13(18)12(17)15-8-11-5-2-6-19-11/h1-7H,8H2,(H,15,17)(H,16,18). The lowest BCUT2D eigenvalue weighted by Crippen LogP contribution is -2.34. The second kappa shape index (κ2) is 6.10. The van der Waals surface area contributed by atoms with E-state index in [0.29, 0.717) is 6.54 Å². The molecule has 0 unspecified atom stereocenters. The molecule has 98 valence electrons. The molecule has 4 nitrogen and oxygen atoms in total. The van der Waals surface area contributed by atoms with Gasteiger partial charge in [0.15, 0.2) is 0 Å². The fourth-order valence-corrected chi connectivity index (χ4v) is 2.06. The van der Waals surface area contributed by atoms with Gasteiger partial charge in [-0.15, -0.1) is 11.3 Å². The molecule has 6 heteroatoms. The minimum Gasteiger partial charge on any atom is -0.343 e. The maximum Gasteiger partial charge on any atom is 0.313 e. The summed E-state index contributed by atoms with van der Waals surface area (Å²) in [4.78, 5) is 24.0. The molecule has 1 aromatic heterocycles. The third kappa shape index (κ3) is 3.89. The Bertz CT molecular complexity index is 584. The summed E-state index contributed by atoms with van der Waals surface area (Å²) in [5.41, 5.74) is 0.247. The molecule has 0 saturated heterocycles. The highest BCUT2D eigenvalue weighted by Gasteiger charge is 2.13. The molecular formula is C13H11FN2O2S. The van der Waals surface area contributed by atoms with E-state index < -0.39 is 17.6 Å². The lowest BCUT2D eigenvalue weighted by molar-refractivity contribution is -0.136. The second-order valence-corrected chi connectivity index (χ2v) is 4.76. The predicted octanol–water partition coefficient (Wildman–Crippen LogP) is 2.14. The van der Waals surface area contributed by atoms with Crippen molar-refractivity contribution in [3.05, 3.63) is 52.5 Å². The van der Waals surface area contributed by atoms with Gasteiger partial charge in [-0.05, 0) is 29.6 Å². The van der Waals surface area contributed by atoms with Gasteiger partial charge in [0.25, 0.3) is 0 Å². The van der Waals surface area contributed by atoms with Crippen LogP contribution in [0.2, 0.25) is 0 Å². The van der Waals surface area contributed by atoms with Gasteiger partial charge in [-0.25, -0.2) is 4.39 Å². The number of hydrogen-bond donors (Lipinski definition) is 2. The van der Waals surface area contributed by atoms with Crippen molar-refractivity contribution in [3.8, 4) is 0 Å². The minimum atomic E-state index is -0.817. The number of nitrogens with one attached hydrogen (secondary N) is 2. The smallest absolute Gasteiger partial charge is 0.313 e. The van der Waals surface area contributed by atoms with Crippen LogP contribution < -0.4 is 10.6 Å². The molecule has 0 fully saturated rings. The van der Waals surface area contributed by atoms with Crippen molar-refractivity contribution in [2.24, 2.45) is 0 Å². The first-order valence-corrected chi connectivity index (χ1v) is 6.40. The Morgan fingerprint density at radius 3 is 2.68 bits per heavy atom. The van der Waals surface area contributed by atoms with E-state index in [2.05, 4.69) is 10.6 Å². The first kappa shape index (κ1) is 13.2. The summed E-state index contributed by atoms with van der Waals surface area (Å²) in [6, 6.07) is 9.08. The van der Waals surface area contributed by atoms with Crippen LogP contribution in [-0.2, 0) is 16.1 Å². The molecule has 2 N–H and O–H groups in total. The van der Waals surface area contributed by atoms with Crippen LogP contribution in [0.5, 0.6) is 0 Å². The van der Waals surface area contributed by atoms with E-state index >= 15 is 0 Å². The Balaban J connectivity index is 1.87. The Morgan fingerprint density at radius 1 is 1.16 bits per heavy atom. The van der Waals surface area contributed by atoms with E-state index in [4.69, 9.17) is 0 Å². The summed E-state index contributed by atoms with van der Waals surface area (Å²) >= 11 is 1.49. The second-order valence-electron chi connectivity index (χ2n) is 3.73. The molecular weight excluding hydrogens is 267 g/mol. The van der Waals surface area contributed by atoms with Crippen molar-refractivity contribution < 1.29 is 14.0 Å². The molecule has 0 bridgehead atoms. The molecule has 2 amide bonds. The third-order valence-electron chi connectivity index (χ3n) is 2.29. The van der Waals surface area contributed by atoms with Crippen molar-refractivity contribution >= 4 is 28.8 Å². The number of rotatable bonds is 3. The molecule has 0 atom stereocenters. The van der Waals surface area contributed by atoms with Crippen LogP contribution >= 0.6 is 11.3 Å². The van der Waals surface area contributed by atoms with E-state index in [1.807, 2.05) is 17.5 Å². The molecule has 19 heavy (non-hydrogen) atoms. The van der Waals surface area contributed by atoms with Gasteiger partial charge in [0.1, 0.15) is 5.82 Å².